The topological polar surface area (TPSA) is 32.8 Å². The van der Waals surface area contributed by atoms with Crippen LogP contribution in [0.15, 0.2) is 72.8 Å². The van der Waals surface area contributed by atoms with Crippen LogP contribution >= 0.6 is 0 Å². The van der Waals surface area contributed by atoms with Gasteiger partial charge in [0.15, 0.2) is 0 Å². The molecule has 0 N–H and O–H groups in total. The van der Waals surface area contributed by atoms with Gasteiger partial charge in [-0.1, -0.05) is 24.3 Å². The number of piperazine rings is 1. The molecule has 1 fully saturated rings. The van der Waals surface area contributed by atoms with Gasteiger partial charge in [-0.15, -0.1) is 0 Å². The molecule has 3 aromatic rings. The van der Waals surface area contributed by atoms with Crippen LogP contribution in [0.4, 0.5) is 13.2 Å². The van der Waals surface area contributed by atoms with Gasteiger partial charge in [-0.2, -0.15) is 0 Å². The number of carbonyl (C=O) groups is 1. The molecule has 172 valence electrons. The predicted molar refractivity (Wildman–Crippen MR) is 119 cm³/mol. The van der Waals surface area contributed by atoms with Crippen molar-refractivity contribution in [1.82, 2.24) is 9.80 Å². The maximum atomic E-state index is 13.4. The molecule has 4 nitrogen and oxygen atoms in total. The van der Waals surface area contributed by atoms with Crippen molar-refractivity contribution in [2.45, 2.75) is 6.10 Å². The molecule has 1 amide bonds. The predicted octanol–water partition coefficient (Wildman–Crippen LogP) is 4.67. The van der Waals surface area contributed by atoms with Crippen LogP contribution in [0.3, 0.4) is 0 Å². The first-order valence-corrected chi connectivity index (χ1v) is 10.9. The van der Waals surface area contributed by atoms with Gasteiger partial charge >= 0.3 is 0 Å². The molecule has 1 aliphatic heterocycles. The van der Waals surface area contributed by atoms with Crippen LogP contribution in [0.25, 0.3) is 0 Å². The van der Waals surface area contributed by atoms with Crippen LogP contribution in [0, 0.1) is 17.5 Å². The fraction of sp³-hybridized carbons (Fsp3) is 0.269. The summed E-state index contributed by atoms with van der Waals surface area (Å²) in [6.07, 6.45) is -0.437. The number of hydrogen-bond donors (Lipinski definition) is 0. The number of carbonyl (C=O) groups excluding carboxylic acids is 1. The van der Waals surface area contributed by atoms with Gasteiger partial charge in [0, 0.05) is 38.3 Å². The molecule has 0 atom stereocenters. The van der Waals surface area contributed by atoms with Crippen molar-refractivity contribution in [2.24, 2.45) is 0 Å². The van der Waals surface area contributed by atoms with E-state index in [1.165, 1.54) is 48.5 Å². The summed E-state index contributed by atoms with van der Waals surface area (Å²) in [7, 11) is 0. The third-order valence-corrected chi connectivity index (χ3v) is 5.79. The van der Waals surface area contributed by atoms with Crippen molar-refractivity contribution < 1.29 is 22.7 Å². The zero-order valence-corrected chi connectivity index (χ0v) is 18.1. The molecule has 1 heterocycles. The summed E-state index contributed by atoms with van der Waals surface area (Å²) in [5, 5.41) is 0. The van der Waals surface area contributed by atoms with Crippen molar-refractivity contribution in [2.75, 3.05) is 39.3 Å². The van der Waals surface area contributed by atoms with Gasteiger partial charge in [-0.25, -0.2) is 13.2 Å². The fourth-order valence-corrected chi connectivity index (χ4v) is 3.91. The van der Waals surface area contributed by atoms with Gasteiger partial charge < -0.3 is 9.64 Å². The number of rotatable bonds is 7. The van der Waals surface area contributed by atoms with E-state index in [1.807, 2.05) is 0 Å². The van der Waals surface area contributed by atoms with E-state index in [4.69, 9.17) is 4.74 Å². The van der Waals surface area contributed by atoms with E-state index >= 15 is 0 Å². The molecule has 0 aromatic heterocycles. The third kappa shape index (κ3) is 6.00. The highest BCUT2D eigenvalue weighted by atomic mass is 19.1. The van der Waals surface area contributed by atoms with Crippen molar-refractivity contribution in [3.05, 3.63) is 107 Å². The van der Waals surface area contributed by atoms with E-state index in [0.717, 1.165) is 11.1 Å². The molecule has 7 heteroatoms. The van der Waals surface area contributed by atoms with E-state index in [0.29, 0.717) is 44.9 Å². The highest BCUT2D eigenvalue weighted by Crippen LogP contribution is 2.26. The molecule has 1 aliphatic rings. The monoisotopic (exact) mass is 454 g/mol. The number of amides is 1. The molecule has 0 unspecified atom stereocenters. The number of halogens is 3. The van der Waals surface area contributed by atoms with E-state index in [9.17, 15) is 18.0 Å². The van der Waals surface area contributed by atoms with Gasteiger partial charge in [0.1, 0.15) is 23.6 Å². The molecule has 0 spiro atoms. The van der Waals surface area contributed by atoms with Crippen molar-refractivity contribution >= 4 is 5.91 Å². The summed E-state index contributed by atoms with van der Waals surface area (Å²) in [5.41, 5.74) is 2.06. The Hall–Kier alpha value is -3.16. The Labute approximate surface area is 191 Å². The molecule has 4 rings (SSSR count). The minimum atomic E-state index is -0.437. The molecule has 1 saturated heterocycles. The number of nitrogens with zero attached hydrogens (tertiary/aromatic N) is 2. The number of benzene rings is 3. The van der Waals surface area contributed by atoms with Gasteiger partial charge in [0.05, 0.1) is 6.61 Å². The molecule has 0 bridgehead atoms. The van der Waals surface area contributed by atoms with Gasteiger partial charge in [-0.3, -0.25) is 9.69 Å². The second kappa shape index (κ2) is 10.6. The van der Waals surface area contributed by atoms with Crippen LogP contribution in [-0.4, -0.2) is 55.0 Å². The Morgan fingerprint density at radius 2 is 1.18 bits per heavy atom. The quantitative estimate of drug-likeness (QED) is 0.520. The van der Waals surface area contributed by atoms with Crippen molar-refractivity contribution in [3.8, 4) is 0 Å². The molecular weight excluding hydrogens is 429 g/mol. The second-order valence-electron chi connectivity index (χ2n) is 7.99. The Balaban J connectivity index is 1.31. The van der Waals surface area contributed by atoms with Crippen molar-refractivity contribution in [3.63, 3.8) is 0 Å². The average Bonchev–Trinajstić information content (AvgIpc) is 2.84. The lowest BCUT2D eigenvalue weighted by molar-refractivity contribution is 0.0408. The van der Waals surface area contributed by atoms with Gasteiger partial charge in [0.25, 0.3) is 5.91 Å². The maximum absolute atomic E-state index is 13.4. The first-order chi connectivity index (χ1) is 16.0. The molecule has 0 saturated carbocycles. The normalized spacial score (nSPS) is 14.6. The standard InChI is InChI=1S/C26H25F3N2O2/c27-22-7-1-19(2-8-22)25(20-3-9-23(28)10-4-20)33-18-17-30-13-15-31(16-14-30)26(32)21-5-11-24(29)12-6-21/h1-12,25H,13-18H2. The Morgan fingerprint density at radius 1 is 0.727 bits per heavy atom. The number of hydrogen-bond acceptors (Lipinski definition) is 3. The number of ether oxygens (including phenoxy) is 1. The van der Waals surface area contributed by atoms with E-state index in [-0.39, 0.29) is 23.4 Å². The SMILES string of the molecule is O=C(c1ccc(F)cc1)N1CCN(CCOC(c2ccc(F)cc2)c2ccc(F)cc2)CC1. The minimum absolute atomic E-state index is 0.0985. The molecule has 33 heavy (non-hydrogen) atoms. The van der Waals surface area contributed by atoms with Crippen LogP contribution in [-0.2, 0) is 4.74 Å². The molecule has 0 aliphatic carbocycles. The minimum Gasteiger partial charge on any atom is -0.367 e. The average molecular weight is 454 g/mol. The van der Waals surface area contributed by atoms with Gasteiger partial charge in [-0.05, 0) is 59.7 Å². The first kappa shape index (κ1) is 23.0. The first-order valence-electron chi connectivity index (χ1n) is 10.9. The van der Waals surface area contributed by atoms with Crippen LogP contribution in [0.1, 0.15) is 27.6 Å². The Kier molecular flexibility index (Phi) is 7.42. The second-order valence-corrected chi connectivity index (χ2v) is 7.99. The summed E-state index contributed by atoms with van der Waals surface area (Å²) >= 11 is 0. The van der Waals surface area contributed by atoms with E-state index in [1.54, 1.807) is 29.2 Å². The highest BCUT2D eigenvalue weighted by molar-refractivity contribution is 5.94. The smallest absolute Gasteiger partial charge is 0.253 e. The zero-order chi connectivity index (χ0) is 23.2. The van der Waals surface area contributed by atoms with E-state index in [2.05, 4.69) is 4.90 Å². The van der Waals surface area contributed by atoms with E-state index < -0.39 is 6.10 Å². The van der Waals surface area contributed by atoms with Crippen LogP contribution < -0.4 is 0 Å². The molecular formula is C26H25F3N2O2. The summed E-state index contributed by atoms with van der Waals surface area (Å²) in [5.74, 6) is -1.12. The zero-order valence-electron chi connectivity index (χ0n) is 18.1. The lowest BCUT2D eigenvalue weighted by Crippen LogP contribution is -2.49. The third-order valence-electron chi connectivity index (χ3n) is 5.79. The Bertz CT molecular complexity index is 1000. The lowest BCUT2D eigenvalue weighted by Gasteiger charge is -2.35. The van der Waals surface area contributed by atoms with Crippen LogP contribution in [0.5, 0.6) is 0 Å². The summed E-state index contributed by atoms with van der Waals surface area (Å²) in [6, 6.07) is 17.8. The highest BCUT2D eigenvalue weighted by Gasteiger charge is 2.23. The maximum Gasteiger partial charge on any atom is 0.253 e. The fourth-order valence-electron chi connectivity index (χ4n) is 3.91. The molecule has 3 aromatic carbocycles. The van der Waals surface area contributed by atoms with Crippen LogP contribution in [0.2, 0.25) is 0 Å². The Morgan fingerprint density at radius 3 is 1.67 bits per heavy atom. The summed E-state index contributed by atoms with van der Waals surface area (Å²) < 4.78 is 46.0. The summed E-state index contributed by atoms with van der Waals surface area (Å²) in [6.45, 7) is 3.65. The van der Waals surface area contributed by atoms with Crippen molar-refractivity contribution in [1.29, 1.82) is 0 Å². The summed E-state index contributed by atoms with van der Waals surface area (Å²) in [4.78, 5) is 16.6. The lowest BCUT2D eigenvalue weighted by atomic mass is 10.0. The largest absolute Gasteiger partial charge is 0.367 e. The molecule has 0 radical (unpaired) electrons. The van der Waals surface area contributed by atoms with Gasteiger partial charge in [0.2, 0.25) is 0 Å².